The molecule has 0 spiro atoms. The van der Waals surface area contributed by atoms with Crippen LogP contribution < -0.4 is 0 Å². The standard InChI is InChI=1S/C51H90O12S/c1-3-5-7-9-11-13-15-17-19-21-22-24-25-27-29-31-33-35-37-39-46(52)60-41-44(42-61-51-50(56)49(55)48(54)45(63-51)43-64(57,58)59)62-47(53)40-38-36-34-32-30-28-26-23-20-18-16-14-12-10-8-6-4-2/h6,8,12,14,18,20,26,28,44-45,48-51,54-56H,3-5,7,9-11,13,15-17,19,21-25,27,29-43H2,1-2H3,(H,57,58,59)/b8-6-,14-12-,20-18-,28-26-. The van der Waals surface area contributed by atoms with Gasteiger partial charge in [0.1, 0.15) is 36.8 Å². The highest BCUT2D eigenvalue weighted by molar-refractivity contribution is 7.85. The van der Waals surface area contributed by atoms with Gasteiger partial charge in [-0.25, -0.2) is 0 Å². The molecule has 0 aromatic heterocycles. The Morgan fingerprint density at radius 1 is 0.547 bits per heavy atom. The van der Waals surface area contributed by atoms with Crippen molar-refractivity contribution in [3.63, 3.8) is 0 Å². The SMILES string of the molecule is CC/C=C\C/C=C\C/C=C\C/C=C\CCCCCCC(=O)OC(COC(=O)CCCCCCCCCCCCCCCCCCCCC)COC1OC(CS(=O)(=O)O)C(O)C(O)C1O. The molecule has 0 saturated carbocycles. The van der Waals surface area contributed by atoms with E-state index in [2.05, 4.69) is 62.5 Å². The van der Waals surface area contributed by atoms with E-state index in [1.165, 1.54) is 96.3 Å². The maximum Gasteiger partial charge on any atom is 0.306 e. The Morgan fingerprint density at radius 2 is 0.984 bits per heavy atom. The highest BCUT2D eigenvalue weighted by Crippen LogP contribution is 2.24. The van der Waals surface area contributed by atoms with Crippen molar-refractivity contribution in [3.05, 3.63) is 48.6 Å². The minimum absolute atomic E-state index is 0.137. The lowest BCUT2D eigenvalue weighted by atomic mass is 10.00. The first kappa shape index (κ1) is 59.6. The van der Waals surface area contributed by atoms with Crippen molar-refractivity contribution in [1.82, 2.24) is 0 Å². The van der Waals surface area contributed by atoms with Gasteiger partial charge < -0.3 is 34.3 Å². The molecule has 0 radical (unpaired) electrons. The molecular formula is C51H90O12S. The minimum atomic E-state index is -4.61. The average molecular weight is 927 g/mol. The first-order valence-corrected chi connectivity index (χ1v) is 26.8. The largest absolute Gasteiger partial charge is 0.462 e. The van der Waals surface area contributed by atoms with E-state index in [0.29, 0.717) is 12.8 Å². The van der Waals surface area contributed by atoms with Gasteiger partial charge in [0.15, 0.2) is 12.4 Å². The van der Waals surface area contributed by atoms with Crippen LogP contribution >= 0.6 is 0 Å². The van der Waals surface area contributed by atoms with Crippen LogP contribution in [0.3, 0.4) is 0 Å². The number of hydrogen-bond donors (Lipinski definition) is 4. The van der Waals surface area contributed by atoms with Crippen LogP contribution in [0.1, 0.15) is 206 Å². The van der Waals surface area contributed by atoms with Gasteiger partial charge in [-0.05, 0) is 51.4 Å². The van der Waals surface area contributed by atoms with E-state index in [9.17, 15) is 37.9 Å². The smallest absolute Gasteiger partial charge is 0.306 e. The summed E-state index contributed by atoms with van der Waals surface area (Å²) in [5, 5.41) is 31.0. The van der Waals surface area contributed by atoms with Gasteiger partial charge >= 0.3 is 11.9 Å². The summed E-state index contributed by atoms with van der Waals surface area (Å²) < 4.78 is 54.2. The number of unbranched alkanes of at least 4 members (excludes halogenated alkanes) is 22. The summed E-state index contributed by atoms with van der Waals surface area (Å²) in [7, 11) is -4.61. The Bertz CT molecular complexity index is 1360. The van der Waals surface area contributed by atoms with E-state index in [-0.39, 0.29) is 19.4 Å². The fraction of sp³-hybridized carbons (Fsp3) is 0.804. The quantitative estimate of drug-likeness (QED) is 0.0197. The van der Waals surface area contributed by atoms with Crippen molar-refractivity contribution in [1.29, 1.82) is 0 Å². The number of aliphatic hydroxyl groups is 3. The molecule has 1 fully saturated rings. The van der Waals surface area contributed by atoms with E-state index in [1.54, 1.807) is 0 Å². The Hall–Kier alpha value is -2.39. The van der Waals surface area contributed by atoms with Crippen LogP contribution in [-0.4, -0.2) is 96.0 Å². The van der Waals surface area contributed by atoms with Crippen molar-refractivity contribution >= 4 is 22.1 Å². The van der Waals surface area contributed by atoms with Crippen LogP contribution in [0.5, 0.6) is 0 Å². The second kappa shape index (κ2) is 40.8. The summed E-state index contributed by atoms with van der Waals surface area (Å²) in [6.45, 7) is 3.65. The first-order valence-electron chi connectivity index (χ1n) is 25.2. The summed E-state index contributed by atoms with van der Waals surface area (Å²) in [5.74, 6) is -2.01. The van der Waals surface area contributed by atoms with Gasteiger partial charge in [0, 0.05) is 12.8 Å². The summed E-state index contributed by atoms with van der Waals surface area (Å²) in [6, 6.07) is 0. The fourth-order valence-corrected chi connectivity index (χ4v) is 8.24. The second-order valence-electron chi connectivity index (χ2n) is 17.5. The van der Waals surface area contributed by atoms with Gasteiger partial charge in [0.25, 0.3) is 10.1 Å². The number of carbonyl (C=O) groups excluding carboxylic acids is 2. The lowest BCUT2D eigenvalue weighted by Crippen LogP contribution is -2.60. The number of carbonyl (C=O) groups is 2. The van der Waals surface area contributed by atoms with Gasteiger partial charge in [-0.3, -0.25) is 14.1 Å². The number of allylic oxidation sites excluding steroid dienone is 8. The lowest BCUT2D eigenvalue weighted by Gasteiger charge is -2.40. The predicted octanol–water partition coefficient (Wildman–Crippen LogP) is 11.1. The van der Waals surface area contributed by atoms with E-state index in [1.807, 2.05) is 0 Å². The third-order valence-corrected chi connectivity index (χ3v) is 12.2. The van der Waals surface area contributed by atoms with E-state index < -0.39 is 71.2 Å². The van der Waals surface area contributed by atoms with Gasteiger partial charge in [0.2, 0.25) is 0 Å². The first-order chi connectivity index (χ1) is 31.0. The summed E-state index contributed by atoms with van der Waals surface area (Å²) in [6.07, 6.45) is 40.1. The van der Waals surface area contributed by atoms with E-state index in [0.717, 1.165) is 70.6 Å². The van der Waals surface area contributed by atoms with Crippen molar-refractivity contribution in [2.45, 2.75) is 243 Å². The third-order valence-electron chi connectivity index (χ3n) is 11.4. The Kier molecular flexibility index (Phi) is 38.1. The number of aliphatic hydroxyl groups excluding tert-OH is 3. The van der Waals surface area contributed by atoms with E-state index in [4.69, 9.17) is 18.9 Å². The van der Waals surface area contributed by atoms with Crippen LogP contribution in [0.15, 0.2) is 48.6 Å². The molecule has 64 heavy (non-hydrogen) atoms. The molecule has 6 atom stereocenters. The average Bonchev–Trinajstić information content (AvgIpc) is 3.26. The van der Waals surface area contributed by atoms with Crippen molar-refractivity contribution in [2.75, 3.05) is 19.0 Å². The molecule has 0 aromatic carbocycles. The topological polar surface area (TPSA) is 186 Å². The number of rotatable bonds is 42. The molecule has 0 amide bonds. The molecule has 6 unspecified atom stereocenters. The monoisotopic (exact) mass is 927 g/mol. The van der Waals surface area contributed by atoms with Crippen LogP contribution in [0.25, 0.3) is 0 Å². The zero-order chi connectivity index (χ0) is 46.9. The van der Waals surface area contributed by atoms with Gasteiger partial charge in [-0.2, -0.15) is 8.42 Å². The Morgan fingerprint density at radius 3 is 1.47 bits per heavy atom. The van der Waals surface area contributed by atoms with Crippen LogP contribution in [-0.2, 0) is 38.7 Å². The summed E-state index contributed by atoms with van der Waals surface area (Å²) >= 11 is 0. The highest BCUT2D eigenvalue weighted by Gasteiger charge is 2.46. The van der Waals surface area contributed by atoms with Crippen molar-refractivity contribution < 1.29 is 56.8 Å². The van der Waals surface area contributed by atoms with Gasteiger partial charge in [0.05, 0.1) is 6.61 Å². The second-order valence-corrected chi connectivity index (χ2v) is 19.0. The molecule has 372 valence electrons. The third kappa shape index (κ3) is 34.9. The fourth-order valence-electron chi connectivity index (χ4n) is 7.55. The maximum atomic E-state index is 12.8. The molecule has 13 heteroatoms. The van der Waals surface area contributed by atoms with Gasteiger partial charge in [-0.15, -0.1) is 0 Å². The maximum absolute atomic E-state index is 12.8. The molecule has 12 nitrogen and oxygen atoms in total. The van der Waals surface area contributed by atoms with E-state index >= 15 is 0 Å². The molecule has 0 aliphatic carbocycles. The van der Waals surface area contributed by atoms with Crippen molar-refractivity contribution in [2.24, 2.45) is 0 Å². The molecule has 0 bridgehead atoms. The van der Waals surface area contributed by atoms with Gasteiger partial charge in [-0.1, -0.05) is 191 Å². The number of hydrogen-bond acceptors (Lipinski definition) is 11. The molecule has 1 aliphatic rings. The van der Waals surface area contributed by atoms with Crippen LogP contribution in [0.2, 0.25) is 0 Å². The molecule has 1 rings (SSSR count). The number of esters is 2. The lowest BCUT2D eigenvalue weighted by molar-refractivity contribution is -0.297. The Balaban J connectivity index is 2.39. The zero-order valence-corrected chi connectivity index (χ0v) is 40.7. The molecule has 1 saturated heterocycles. The Labute approximate surface area is 388 Å². The normalized spacial score (nSPS) is 20.0. The molecule has 0 aromatic rings. The minimum Gasteiger partial charge on any atom is -0.462 e. The number of ether oxygens (including phenoxy) is 4. The molecule has 4 N–H and O–H groups in total. The van der Waals surface area contributed by atoms with Crippen LogP contribution in [0, 0.1) is 0 Å². The molecular weight excluding hydrogens is 837 g/mol. The van der Waals surface area contributed by atoms with Crippen LogP contribution in [0.4, 0.5) is 0 Å². The zero-order valence-electron chi connectivity index (χ0n) is 39.9. The van der Waals surface area contributed by atoms with Crippen molar-refractivity contribution in [3.8, 4) is 0 Å². The molecule has 1 heterocycles. The summed E-state index contributed by atoms with van der Waals surface area (Å²) in [4.78, 5) is 25.5. The highest BCUT2D eigenvalue weighted by atomic mass is 32.2. The predicted molar refractivity (Wildman–Crippen MR) is 256 cm³/mol. The molecule has 1 aliphatic heterocycles. The summed E-state index contributed by atoms with van der Waals surface area (Å²) in [5.41, 5.74) is 0.